The van der Waals surface area contributed by atoms with Crippen LogP contribution < -0.4 is 0 Å². The number of unbranched alkanes of at least 4 members (excludes halogenated alkanes) is 1. The first kappa shape index (κ1) is 15.4. The maximum Gasteiger partial charge on any atom is 0.361 e. The molecular formula is C14H21NO4. The second-order valence-electron chi connectivity index (χ2n) is 5.27. The number of aryl methyl sites for hydroxylation is 1. The number of nitrogens with zero attached hydrogens (tertiary/aromatic N) is 1. The molecule has 0 atom stereocenters. The van der Waals surface area contributed by atoms with Crippen LogP contribution in [0.1, 0.15) is 55.4 Å². The van der Waals surface area contributed by atoms with E-state index in [1.54, 1.807) is 33.8 Å². The maximum absolute atomic E-state index is 12.0. The number of hydrogen-bond acceptors (Lipinski definition) is 5. The minimum absolute atomic E-state index is 0.145. The van der Waals surface area contributed by atoms with Gasteiger partial charge in [-0.1, -0.05) is 17.3 Å². The monoisotopic (exact) mass is 267 g/mol. The number of hydrogen-bond donors (Lipinski definition) is 1. The highest BCUT2D eigenvalue weighted by Gasteiger charge is 2.24. The van der Waals surface area contributed by atoms with E-state index in [0.29, 0.717) is 17.7 Å². The molecule has 1 aromatic rings. The van der Waals surface area contributed by atoms with Gasteiger partial charge in [-0.15, -0.1) is 0 Å². The van der Waals surface area contributed by atoms with Crippen molar-refractivity contribution < 1.29 is 19.2 Å². The van der Waals surface area contributed by atoms with Crippen molar-refractivity contribution in [3.63, 3.8) is 0 Å². The van der Waals surface area contributed by atoms with Crippen LogP contribution in [0.15, 0.2) is 10.6 Å². The molecule has 0 aromatic carbocycles. The summed E-state index contributed by atoms with van der Waals surface area (Å²) in [5.74, 6) is 0.0762. The van der Waals surface area contributed by atoms with Crippen LogP contribution in [0.2, 0.25) is 0 Å². The van der Waals surface area contributed by atoms with E-state index in [-0.39, 0.29) is 12.3 Å². The summed E-state index contributed by atoms with van der Waals surface area (Å²) in [5, 5.41) is 12.5. The van der Waals surface area contributed by atoms with Crippen molar-refractivity contribution in [1.82, 2.24) is 5.16 Å². The minimum atomic E-state index is -0.568. The number of ether oxygens (including phenoxy) is 1. The fourth-order valence-corrected chi connectivity index (χ4v) is 1.46. The van der Waals surface area contributed by atoms with Crippen molar-refractivity contribution >= 4 is 12.0 Å². The molecule has 5 heteroatoms. The summed E-state index contributed by atoms with van der Waals surface area (Å²) in [6, 6.07) is 0. The summed E-state index contributed by atoms with van der Waals surface area (Å²) < 4.78 is 10.3. The standard InChI is InChI=1S/C14H21NO4/c1-10-11(8-6-5-7-9-16)12(15-19-10)13(17)18-14(2,3)4/h6,8,16H,5,7,9H2,1-4H3/b8-6+. The summed E-state index contributed by atoms with van der Waals surface area (Å²) in [7, 11) is 0. The molecule has 0 saturated carbocycles. The van der Waals surface area contributed by atoms with Gasteiger partial charge in [-0.25, -0.2) is 4.79 Å². The highest BCUT2D eigenvalue weighted by molar-refractivity contribution is 5.92. The number of esters is 1. The van der Waals surface area contributed by atoms with Crippen LogP contribution in [0.4, 0.5) is 0 Å². The van der Waals surface area contributed by atoms with E-state index in [1.165, 1.54) is 0 Å². The lowest BCUT2D eigenvalue weighted by Gasteiger charge is -2.18. The molecule has 0 fully saturated rings. The molecule has 106 valence electrons. The van der Waals surface area contributed by atoms with Crippen LogP contribution in [0.25, 0.3) is 6.08 Å². The Bertz CT molecular complexity index is 455. The number of rotatable bonds is 5. The SMILES string of the molecule is Cc1onc(C(=O)OC(C)(C)C)c1/C=C/CCCO. The lowest BCUT2D eigenvalue weighted by Crippen LogP contribution is -2.24. The van der Waals surface area contributed by atoms with E-state index >= 15 is 0 Å². The average molecular weight is 267 g/mol. The Morgan fingerprint density at radius 2 is 2.16 bits per heavy atom. The molecule has 0 saturated heterocycles. The average Bonchev–Trinajstić information content (AvgIpc) is 2.64. The fourth-order valence-electron chi connectivity index (χ4n) is 1.46. The lowest BCUT2D eigenvalue weighted by atomic mass is 10.1. The third kappa shape index (κ3) is 4.87. The molecule has 1 aromatic heterocycles. The van der Waals surface area contributed by atoms with Gasteiger partial charge in [0.1, 0.15) is 11.4 Å². The van der Waals surface area contributed by atoms with Crippen LogP contribution in [0.5, 0.6) is 0 Å². The molecule has 0 aliphatic carbocycles. The summed E-state index contributed by atoms with van der Waals surface area (Å²) in [5.41, 5.74) is 0.252. The van der Waals surface area contributed by atoms with Gasteiger partial charge in [-0.3, -0.25) is 0 Å². The topological polar surface area (TPSA) is 72.6 Å². The summed E-state index contributed by atoms with van der Waals surface area (Å²) >= 11 is 0. The third-order valence-corrected chi connectivity index (χ3v) is 2.31. The summed E-state index contributed by atoms with van der Waals surface area (Å²) in [6.45, 7) is 7.29. The van der Waals surface area contributed by atoms with E-state index < -0.39 is 11.6 Å². The van der Waals surface area contributed by atoms with Gasteiger partial charge in [0.25, 0.3) is 0 Å². The van der Waals surface area contributed by atoms with Crippen molar-refractivity contribution in [3.8, 4) is 0 Å². The van der Waals surface area contributed by atoms with Gasteiger partial charge in [-0.05, 0) is 40.5 Å². The van der Waals surface area contributed by atoms with Gasteiger partial charge in [0, 0.05) is 6.61 Å². The Morgan fingerprint density at radius 1 is 1.47 bits per heavy atom. The molecule has 1 heterocycles. The van der Waals surface area contributed by atoms with E-state index in [0.717, 1.165) is 6.42 Å². The molecule has 0 radical (unpaired) electrons. The summed E-state index contributed by atoms with van der Waals surface area (Å²) in [4.78, 5) is 12.0. The first-order valence-corrected chi connectivity index (χ1v) is 6.32. The zero-order chi connectivity index (χ0) is 14.5. The van der Waals surface area contributed by atoms with Crippen LogP contribution in [-0.4, -0.2) is 28.4 Å². The zero-order valence-electron chi connectivity index (χ0n) is 11.9. The van der Waals surface area contributed by atoms with Gasteiger partial charge in [0.2, 0.25) is 0 Å². The number of carbonyl (C=O) groups excluding carboxylic acids is 1. The van der Waals surface area contributed by atoms with Crippen molar-refractivity contribution in [2.75, 3.05) is 6.61 Å². The number of allylic oxidation sites excluding steroid dienone is 1. The van der Waals surface area contributed by atoms with Crippen LogP contribution in [0.3, 0.4) is 0 Å². The highest BCUT2D eigenvalue weighted by Crippen LogP contribution is 2.19. The van der Waals surface area contributed by atoms with Crippen molar-refractivity contribution in [2.24, 2.45) is 0 Å². The summed E-state index contributed by atoms with van der Waals surface area (Å²) in [6.07, 6.45) is 5.07. The van der Waals surface area contributed by atoms with Crippen molar-refractivity contribution in [1.29, 1.82) is 0 Å². The number of aliphatic hydroxyl groups excluding tert-OH is 1. The van der Waals surface area contributed by atoms with Crippen molar-refractivity contribution in [3.05, 3.63) is 23.1 Å². The normalized spacial score (nSPS) is 12.1. The van der Waals surface area contributed by atoms with Gasteiger partial charge >= 0.3 is 5.97 Å². The van der Waals surface area contributed by atoms with E-state index in [4.69, 9.17) is 14.4 Å². The second-order valence-corrected chi connectivity index (χ2v) is 5.27. The molecule has 0 bridgehead atoms. The third-order valence-electron chi connectivity index (χ3n) is 2.31. The molecule has 0 unspecified atom stereocenters. The van der Waals surface area contributed by atoms with E-state index in [2.05, 4.69) is 5.16 Å². The quantitative estimate of drug-likeness (QED) is 0.656. The Labute approximate surface area is 113 Å². The van der Waals surface area contributed by atoms with Crippen molar-refractivity contribution in [2.45, 2.75) is 46.1 Å². The smallest absolute Gasteiger partial charge is 0.361 e. The van der Waals surface area contributed by atoms with Crippen LogP contribution >= 0.6 is 0 Å². The molecule has 0 aliphatic rings. The molecular weight excluding hydrogens is 246 g/mol. The molecule has 19 heavy (non-hydrogen) atoms. The van der Waals surface area contributed by atoms with Crippen LogP contribution in [0, 0.1) is 6.92 Å². The number of aromatic nitrogens is 1. The Kier molecular flexibility index (Phi) is 5.30. The maximum atomic E-state index is 12.0. The Hall–Kier alpha value is -1.62. The fraction of sp³-hybridized carbons (Fsp3) is 0.571. The van der Waals surface area contributed by atoms with E-state index in [1.807, 2.05) is 6.08 Å². The number of aliphatic hydroxyl groups is 1. The largest absolute Gasteiger partial charge is 0.455 e. The first-order valence-electron chi connectivity index (χ1n) is 6.32. The molecule has 5 nitrogen and oxygen atoms in total. The number of carbonyl (C=O) groups is 1. The lowest BCUT2D eigenvalue weighted by molar-refractivity contribution is 0.00586. The Balaban J connectivity index is 2.85. The highest BCUT2D eigenvalue weighted by atomic mass is 16.6. The zero-order valence-corrected chi connectivity index (χ0v) is 11.9. The van der Waals surface area contributed by atoms with E-state index in [9.17, 15) is 4.79 Å². The predicted molar refractivity (Wildman–Crippen MR) is 71.8 cm³/mol. The predicted octanol–water partition coefficient (Wildman–Crippen LogP) is 2.72. The van der Waals surface area contributed by atoms with Gasteiger partial charge in [0.15, 0.2) is 5.69 Å². The molecule has 0 amide bonds. The van der Waals surface area contributed by atoms with Gasteiger partial charge < -0.3 is 14.4 Å². The molecule has 1 rings (SSSR count). The second kappa shape index (κ2) is 6.52. The molecule has 0 spiro atoms. The van der Waals surface area contributed by atoms with Gasteiger partial charge in [-0.2, -0.15) is 0 Å². The van der Waals surface area contributed by atoms with Crippen LogP contribution in [-0.2, 0) is 4.74 Å². The first-order chi connectivity index (χ1) is 8.85. The minimum Gasteiger partial charge on any atom is -0.455 e. The Morgan fingerprint density at radius 3 is 2.74 bits per heavy atom. The molecule has 1 N–H and O–H groups in total. The molecule has 0 aliphatic heterocycles. The van der Waals surface area contributed by atoms with Gasteiger partial charge in [0.05, 0.1) is 5.56 Å².